The van der Waals surface area contributed by atoms with Crippen molar-refractivity contribution in [3.63, 3.8) is 0 Å². The summed E-state index contributed by atoms with van der Waals surface area (Å²) in [5, 5.41) is 0.444. The summed E-state index contributed by atoms with van der Waals surface area (Å²) in [6, 6.07) is 2.22. The lowest BCUT2D eigenvalue weighted by atomic mass is 9.94. The minimum atomic E-state index is 0.113. The molecule has 0 N–H and O–H groups in total. The van der Waals surface area contributed by atoms with E-state index in [9.17, 15) is 0 Å². The van der Waals surface area contributed by atoms with Gasteiger partial charge in [0.05, 0.1) is 24.3 Å². The zero-order valence-corrected chi connectivity index (χ0v) is 16.6. The van der Waals surface area contributed by atoms with Gasteiger partial charge in [0.2, 0.25) is 0 Å². The molecule has 0 aromatic carbocycles. The van der Waals surface area contributed by atoms with Crippen molar-refractivity contribution < 1.29 is 9.47 Å². The van der Waals surface area contributed by atoms with Crippen LogP contribution in [0, 0.1) is 5.41 Å². The molecule has 2 heterocycles. The molecule has 1 aliphatic rings. The molecule has 0 aliphatic carbocycles. The first-order valence-corrected chi connectivity index (χ1v) is 9.40. The Labute approximate surface area is 143 Å². The van der Waals surface area contributed by atoms with Crippen molar-refractivity contribution in [3.05, 3.63) is 26.5 Å². The maximum atomic E-state index is 5.66. The Kier molecular flexibility index (Phi) is 4.94. The molecule has 0 fully saturated rings. The Balaban J connectivity index is 2.31. The van der Waals surface area contributed by atoms with Crippen LogP contribution in [0.15, 0.2) is 16.7 Å². The molecule has 0 amide bonds. The summed E-state index contributed by atoms with van der Waals surface area (Å²) >= 11 is 3.84. The Morgan fingerprint density at radius 1 is 1.00 bits per heavy atom. The van der Waals surface area contributed by atoms with Crippen LogP contribution in [0.5, 0.6) is 5.75 Å². The zero-order valence-electron chi connectivity index (χ0n) is 15.0. The molecular weight excluding hydrogens is 312 g/mol. The first-order chi connectivity index (χ1) is 10.1. The van der Waals surface area contributed by atoms with Crippen LogP contribution >= 0.6 is 23.1 Å². The number of hydrogen-bond donors (Lipinski definition) is 0. The average Bonchev–Trinajstić information content (AvgIpc) is 3.00. The predicted octanol–water partition coefficient (Wildman–Crippen LogP) is 6.14. The van der Waals surface area contributed by atoms with E-state index in [-0.39, 0.29) is 10.8 Å². The van der Waals surface area contributed by atoms with Crippen LogP contribution in [0.4, 0.5) is 0 Å². The number of methoxy groups -OCH3 is 2. The summed E-state index contributed by atoms with van der Waals surface area (Å²) in [5.74, 6) is 2.17. The van der Waals surface area contributed by atoms with Crippen LogP contribution in [0.25, 0.3) is 0 Å². The molecule has 2 rings (SSSR count). The van der Waals surface area contributed by atoms with Gasteiger partial charge in [-0.3, -0.25) is 0 Å². The third-order valence-corrected chi connectivity index (χ3v) is 7.33. The molecule has 4 heteroatoms. The fourth-order valence-corrected chi connectivity index (χ4v) is 5.48. The molecule has 1 aromatic rings. The molecule has 2 nitrogen and oxygen atoms in total. The molecule has 1 unspecified atom stereocenters. The van der Waals surface area contributed by atoms with E-state index in [4.69, 9.17) is 9.47 Å². The van der Waals surface area contributed by atoms with Gasteiger partial charge in [0.1, 0.15) is 11.5 Å². The van der Waals surface area contributed by atoms with Crippen molar-refractivity contribution >= 4 is 23.1 Å². The quantitative estimate of drug-likeness (QED) is 0.659. The van der Waals surface area contributed by atoms with Gasteiger partial charge in [-0.25, -0.2) is 0 Å². The van der Waals surface area contributed by atoms with Crippen molar-refractivity contribution in [3.8, 4) is 5.75 Å². The van der Waals surface area contributed by atoms with E-state index < -0.39 is 0 Å². The molecular formula is C18H28O2S2. The molecule has 1 atom stereocenters. The maximum Gasteiger partial charge on any atom is 0.133 e. The highest BCUT2D eigenvalue weighted by Crippen LogP contribution is 2.56. The minimum absolute atomic E-state index is 0.113. The average molecular weight is 341 g/mol. The lowest BCUT2D eigenvalue weighted by Crippen LogP contribution is -2.09. The van der Waals surface area contributed by atoms with E-state index in [1.807, 2.05) is 23.1 Å². The molecule has 0 spiro atoms. The van der Waals surface area contributed by atoms with Crippen molar-refractivity contribution in [2.45, 2.75) is 58.6 Å². The van der Waals surface area contributed by atoms with Gasteiger partial charge in [0, 0.05) is 16.2 Å². The topological polar surface area (TPSA) is 18.5 Å². The van der Waals surface area contributed by atoms with Gasteiger partial charge in [-0.15, -0.1) is 23.1 Å². The van der Waals surface area contributed by atoms with Gasteiger partial charge in [-0.1, -0.05) is 41.5 Å². The monoisotopic (exact) mass is 340 g/mol. The van der Waals surface area contributed by atoms with Gasteiger partial charge in [0.15, 0.2) is 0 Å². The second-order valence-electron chi connectivity index (χ2n) is 7.81. The molecule has 22 heavy (non-hydrogen) atoms. The lowest BCUT2D eigenvalue weighted by Gasteiger charge is -2.21. The van der Waals surface area contributed by atoms with Crippen LogP contribution in [0.2, 0.25) is 0 Å². The lowest BCUT2D eigenvalue weighted by molar-refractivity contribution is 0.269. The number of allylic oxidation sites excluding steroid dienone is 2. The summed E-state index contributed by atoms with van der Waals surface area (Å²) in [5.41, 5.74) is 0.251. The first-order valence-electron chi connectivity index (χ1n) is 7.70. The number of ether oxygens (including phenoxy) is 2. The second kappa shape index (κ2) is 6.12. The standard InChI is InChI=1S/C18H28O2S2/c1-17(2,3)15-11(19-7)9-13(21-15)14-10-12(20-8)16(22-14)18(4,5)6/h9,14H,10H2,1-8H3. The zero-order chi connectivity index (χ0) is 16.7. The van der Waals surface area contributed by atoms with E-state index in [1.165, 1.54) is 14.7 Å². The largest absolute Gasteiger partial charge is 0.500 e. The van der Waals surface area contributed by atoms with Gasteiger partial charge in [-0.05, 0) is 16.9 Å². The van der Waals surface area contributed by atoms with Crippen LogP contribution in [0.3, 0.4) is 0 Å². The first kappa shape index (κ1) is 17.7. The van der Waals surface area contributed by atoms with E-state index in [0.717, 1.165) is 17.9 Å². The van der Waals surface area contributed by atoms with Crippen molar-refractivity contribution in [2.75, 3.05) is 14.2 Å². The Morgan fingerprint density at radius 3 is 2.00 bits per heavy atom. The summed E-state index contributed by atoms with van der Waals surface area (Å²) in [6.45, 7) is 13.5. The summed E-state index contributed by atoms with van der Waals surface area (Å²) in [6.07, 6.45) is 0.973. The second-order valence-corrected chi connectivity index (χ2v) is 10.1. The van der Waals surface area contributed by atoms with Gasteiger partial charge in [-0.2, -0.15) is 0 Å². The van der Waals surface area contributed by atoms with E-state index in [2.05, 4.69) is 47.6 Å². The van der Waals surface area contributed by atoms with E-state index in [0.29, 0.717) is 5.25 Å². The minimum Gasteiger partial charge on any atom is -0.500 e. The maximum absolute atomic E-state index is 5.66. The van der Waals surface area contributed by atoms with Crippen LogP contribution < -0.4 is 4.74 Å². The predicted molar refractivity (Wildman–Crippen MR) is 98.0 cm³/mol. The van der Waals surface area contributed by atoms with Crippen molar-refractivity contribution in [1.29, 1.82) is 0 Å². The van der Waals surface area contributed by atoms with Crippen molar-refractivity contribution in [2.24, 2.45) is 5.41 Å². The third kappa shape index (κ3) is 3.48. The van der Waals surface area contributed by atoms with Crippen LogP contribution in [0.1, 0.15) is 63.0 Å². The Morgan fingerprint density at radius 2 is 1.64 bits per heavy atom. The van der Waals surface area contributed by atoms with Gasteiger partial charge < -0.3 is 9.47 Å². The molecule has 0 radical (unpaired) electrons. The molecule has 124 valence electrons. The molecule has 0 bridgehead atoms. The molecule has 1 aliphatic heterocycles. The summed E-state index contributed by atoms with van der Waals surface area (Å²) < 4.78 is 11.3. The third-order valence-electron chi connectivity index (χ3n) is 3.75. The normalized spacial score (nSPS) is 19.7. The Hall–Kier alpha value is -0.610. The summed E-state index contributed by atoms with van der Waals surface area (Å²) in [7, 11) is 3.56. The molecule has 1 aromatic heterocycles. The van der Waals surface area contributed by atoms with Gasteiger partial charge >= 0.3 is 0 Å². The van der Waals surface area contributed by atoms with Crippen LogP contribution in [-0.4, -0.2) is 14.2 Å². The fourth-order valence-electron chi connectivity index (χ4n) is 2.67. The summed E-state index contributed by atoms with van der Waals surface area (Å²) in [4.78, 5) is 4.10. The fraction of sp³-hybridized carbons (Fsp3) is 0.667. The van der Waals surface area contributed by atoms with Crippen molar-refractivity contribution in [1.82, 2.24) is 0 Å². The number of thiophene rings is 1. The highest BCUT2D eigenvalue weighted by molar-refractivity contribution is 8.03. The van der Waals surface area contributed by atoms with E-state index >= 15 is 0 Å². The van der Waals surface area contributed by atoms with Gasteiger partial charge in [0.25, 0.3) is 0 Å². The number of thioether (sulfide) groups is 1. The highest BCUT2D eigenvalue weighted by atomic mass is 32.2. The van der Waals surface area contributed by atoms with E-state index in [1.54, 1.807) is 14.2 Å². The number of hydrogen-bond acceptors (Lipinski definition) is 4. The SMILES string of the molecule is COC1=C(C(C)(C)C)SC(c2cc(OC)c(C(C)(C)C)s2)C1. The Bertz CT molecular complexity index is 571. The highest BCUT2D eigenvalue weighted by Gasteiger charge is 2.35. The smallest absolute Gasteiger partial charge is 0.133 e. The number of rotatable bonds is 3. The molecule has 0 saturated carbocycles. The molecule has 0 saturated heterocycles. The van der Waals surface area contributed by atoms with Crippen LogP contribution in [-0.2, 0) is 10.2 Å².